The fraction of sp³-hybridized carbons (Fsp3) is 0. The van der Waals surface area contributed by atoms with Crippen molar-refractivity contribution in [3.63, 3.8) is 0 Å². The Morgan fingerprint density at radius 3 is 0.688 bits per heavy atom. The molecule has 0 unspecified atom stereocenters. The maximum Gasteiger partial charge on any atom is 0.0708 e. The number of para-hydroxylation sites is 6. The SMILES string of the molecule is c1ccc(N(c2ccccc2)c2ccc(N(c3ccccc3)c3ccc4c(-c5cccc(-c6ccc7cccnc7c6)c5)c5ccccc5c(-c5cccc(-c6ccc7cccnc7c6)c5)c4c3)cc2)cc1.c1ccc(N(c2ccccc2)c2ccc(N(c3ccccc3)c3cccc4c(-c5cccc(-c6ccc7cccnc7c6)c5)c5ccccc5c(-c5cccc(-c6ccc7cccnc7c6)c5)c34)cc2)cc1. The van der Waals surface area contributed by atoms with Gasteiger partial charge < -0.3 is 19.6 Å². The topological polar surface area (TPSA) is 64.5 Å². The molecule has 0 bridgehead atoms. The van der Waals surface area contributed by atoms with Crippen LogP contribution in [-0.4, -0.2) is 19.9 Å². The maximum absolute atomic E-state index is 4.73. The summed E-state index contributed by atoms with van der Waals surface area (Å²) < 4.78 is 0. The standard InChI is InChI=1S/2C68H46N4/c1-4-23-55(24-5-1)71(56-25-6-2-7-26-56)58-37-39-59(40-38-58)72(57-27-8-3-9-28-57)65-32-14-31-62-66(53-19-12-17-49(43-53)51-35-33-47-21-15-41-69-63(47)45-51)60-29-10-11-30-61(60)67(68(62)65)54-20-13-18-50(44-54)52-36-34-48-22-16-42-70-64(48)46-52;1-4-22-55(23-5-1)71(56-24-6-2-7-25-56)58-34-36-59(37-35-58)72(57-26-8-3-9-27-57)60-38-39-63-64(46-60)68(54-19-13-17-50(43-54)52-33-31-48-21-15-41-70-66(48)45-52)62-29-11-10-28-61(62)67(63)53-18-12-16-49(42-53)51-32-30-47-20-14-40-69-65(47)44-51/h2*1-46H. The summed E-state index contributed by atoms with van der Waals surface area (Å²) >= 11 is 0. The molecule has 0 N–H and O–H groups in total. The van der Waals surface area contributed by atoms with Crippen LogP contribution in [0.4, 0.5) is 68.2 Å². The first kappa shape index (κ1) is 86.3. The summed E-state index contributed by atoms with van der Waals surface area (Å²) in [5.41, 5.74) is 35.2. The molecule has 676 valence electrons. The highest BCUT2D eigenvalue weighted by atomic mass is 15.2. The number of nitrogens with zero attached hydrogens (tertiary/aromatic N) is 8. The molecule has 22 aromatic carbocycles. The van der Waals surface area contributed by atoms with Crippen molar-refractivity contribution >= 4 is 155 Å². The van der Waals surface area contributed by atoms with E-state index in [1.54, 1.807) is 0 Å². The summed E-state index contributed by atoms with van der Waals surface area (Å²) in [7, 11) is 0. The van der Waals surface area contributed by atoms with Crippen molar-refractivity contribution < 1.29 is 0 Å². The van der Waals surface area contributed by atoms with E-state index in [0.717, 1.165) is 195 Å². The average Bonchev–Trinajstić information content (AvgIpc) is 0.719. The molecule has 26 aromatic rings. The number of rotatable bonds is 20. The highest BCUT2D eigenvalue weighted by molar-refractivity contribution is 6.26. The zero-order valence-corrected chi connectivity index (χ0v) is 78.7. The molecule has 0 atom stereocenters. The summed E-state index contributed by atoms with van der Waals surface area (Å²) in [6.45, 7) is 0. The molecular formula is C136H92N8. The van der Waals surface area contributed by atoms with Gasteiger partial charge in [-0.05, 0) is 339 Å². The molecule has 0 aliphatic rings. The molecule has 0 saturated heterocycles. The summed E-state index contributed by atoms with van der Waals surface area (Å²) in [6.07, 6.45) is 7.47. The van der Waals surface area contributed by atoms with Crippen molar-refractivity contribution in [2.24, 2.45) is 0 Å². The summed E-state index contributed by atoms with van der Waals surface area (Å²) in [5, 5.41) is 13.9. The normalized spacial score (nSPS) is 11.3. The van der Waals surface area contributed by atoms with Gasteiger partial charge in [-0.15, -0.1) is 0 Å². The Labute approximate surface area is 836 Å². The van der Waals surface area contributed by atoms with Crippen molar-refractivity contribution in [3.05, 3.63) is 559 Å². The Morgan fingerprint density at radius 1 is 0.125 bits per heavy atom. The van der Waals surface area contributed by atoms with Gasteiger partial charge in [0.25, 0.3) is 0 Å². The van der Waals surface area contributed by atoms with E-state index in [4.69, 9.17) is 19.9 Å². The highest BCUT2D eigenvalue weighted by Gasteiger charge is 2.28. The lowest BCUT2D eigenvalue weighted by Crippen LogP contribution is -2.12. The van der Waals surface area contributed by atoms with Crippen LogP contribution in [0.15, 0.2) is 559 Å². The Morgan fingerprint density at radius 2 is 0.354 bits per heavy atom. The lowest BCUT2D eigenvalue weighted by Gasteiger charge is -2.30. The van der Waals surface area contributed by atoms with Crippen LogP contribution in [0.2, 0.25) is 0 Å². The van der Waals surface area contributed by atoms with Crippen molar-refractivity contribution in [1.29, 1.82) is 0 Å². The third-order valence-corrected chi connectivity index (χ3v) is 27.7. The number of benzene rings is 22. The maximum atomic E-state index is 4.73. The van der Waals surface area contributed by atoms with E-state index in [1.165, 1.54) is 49.2 Å². The molecule has 4 heterocycles. The van der Waals surface area contributed by atoms with E-state index in [9.17, 15) is 0 Å². The molecule has 8 nitrogen and oxygen atoms in total. The van der Waals surface area contributed by atoms with Crippen LogP contribution in [0.1, 0.15) is 0 Å². The van der Waals surface area contributed by atoms with Gasteiger partial charge in [0.05, 0.1) is 27.8 Å². The number of hydrogen-bond donors (Lipinski definition) is 0. The molecule has 0 aliphatic carbocycles. The van der Waals surface area contributed by atoms with E-state index in [-0.39, 0.29) is 0 Å². The molecule has 4 aromatic heterocycles. The molecule has 0 amide bonds. The second-order valence-electron chi connectivity index (χ2n) is 36.4. The van der Waals surface area contributed by atoms with Gasteiger partial charge in [0.1, 0.15) is 0 Å². The molecule has 0 fully saturated rings. The predicted molar refractivity (Wildman–Crippen MR) is 606 cm³/mol. The summed E-state index contributed by atoms with van der Waals surface area (Å²) in [4.78, 5) is 28.3. The Hall–Kier alpha value is -19.3. The molecule has 0 saturated carbocycles. The van der Waals surface area contributed by atoms with Crippen LogP contribution in [0.5, 0.6) is 0 Å². The third-order valence-electron chi connectivity index (χ3n) is 27.7. The number of anilines is 12. The number of aromatic nitrogens is 4. The highest BCUT2D eigenvalue weighted by Crippen LogP contribution is 2.54. The first-order chi connectivity index (χ1) is 71.4. The second kappa shape index (κ2) is 38.2. The third kappa shape index (κ3) is 16.7. The predicted octanol–water partition coefficient (Wildman–Crippen LogP) is 37.4. The Balaban J connectivity index is 0.000000151. The van der Waals surface area contributed by atoms with Gasteiger partial charge in [0.2, 0.25) is 0 Å². The smallest absolute Gasteiger partial charge is 0.0708 e. The van der Waals surface area contributed by atoms with Crippen LogP contribution in [0.3, 0.4) is 0 Å². The molecule has 8 heteroatoms. The molecular weight excluding hydrogens is 1750 g/mol. The second-order valence-corrected chi connectivity index (χ2v) is 36.4. The lowest BCUT2D eigenvalue weighted by atomic mass is 9.84. The fourth-order valence-electron chi connectivity index (χ4n) is 21.1. The zero-order valence-electron chi connectivity index (χ0n) is 78.7. The monoisotopic (exact) mass is 1840 g/mol. The lowest BCUT2D eigenvalue weighted by molar-refractivity contribution is 1.26. The van der Waals surface area contributed by atoms with E-state index in [1.807, 2.05) is 49.1 Å². The van der Waals surface area contributed by atoms with E-state index < -0.39 is 0 Å². The van der Waals surface area contributed by atoms with Crippen LogP contribution < -0.4 is 19.6 Å². The van der Waals surface area contributed by atoms with Crippen molar-refractivity contribution in [3.8, 4) is 89.0 Å². The van der Waals surface area contributed by atoms with Crippen LogP contribution in [0, 0.1) is 0 Å². The van der Waals surface area contributed by atoms with E-state index >= 15 is 0 Å². The van der Waals surface area contributed by atoms with Crippen molar-refractivity contribution in [2.45, 2.75) is 0 Å². The van der Waals surface area contributed by atoms with E-state index in [0.29, 0.717) is 0 Å². The molecule has 144 heavy (non-hydrogen) atoms. The quantitative estimate of drug-likeness (QED) is 0.0700. The van der Waals surface area contributed by atoms with Gasteiger partial charge in [-0.2, -0.15) is 0 Å². The van der Waals surface area contributed by atoms with Crippen molar-refractivity contribution in [2.75, 3.05) is 19.6 Å². The fourth-order valence-corrected chi connectivity index (χ4v) is 21.1. The molecule has 26 rings (SSSR count). The molecule has 0 aliphatic heterocycles. The average molecular weight is 1840 g/mol. The van der Waals surface area contributed by atoms with Crippen LogP contribution in [0.25, 0.3) is 176 Å². The van der Waals surface area contributed by atoms with Gasteiger partial charge >= 0.3 is 0 Å². The van der Waals surface area contributed by atoms with Gasteiger partial charge in [-0.3, -0.25) is 19.9 Å². The minimum absolute atomic E-state index is 0.977. The molecule has 0 spiro atoms. The first-order valence-electron chi connectivity index (χ1n) is 48.9. The zero-order chi connectivity index (χ0) is 95.6. The first-order valence-corrected chi connectivity index (χ1v) is 48.9. The summed E-state index contributed by atoms with van der Waals surface area (Å²) in [6, 6.07) is 192. The van der Waals surface area contributed by atoms with Crippen molar-refractivity contribution in [1.82, 2.24) is 19.9 Å². The minimum Gasteiger partial charge on any atom is -0.311 e. The van der Waals surface area contributed by atoms with Crippen LogP contribution in [-0.2, 0) is 0 Å². The number of fused-ring (bicyclic) bond motifs is 8. The van der Waals surface area contributed by atoms with Gasteiger partial charge in [-0.1, -0.05) is 322 Å². The summed E-state index contributed by atoms with van der Waals surface area (Å²) in [5.74, 6) is 0. The largest absolute Gasteiger partial charge is 0.311 e. The Bertz CT molecular complexity index is 9050. The van der Waals surface area contributed by atoms with E-state index in [2.05, 4.69) is 529 Å². The number of hydrogen-bond acceptors (Lipinski definition) is 8. The number of pyridine rings is 4. The van der Waals surface area contributed by atoms with Gasteiger partial charge in [0.15, 0.2) is 0 Å². The van der Waals surface area contributed by atoms with Gasteiger partial charge in [0, 0.05) is 114 Å². The Kier molecular flexibility index (Phi) is 22.9. The van der Waals surface area contributed by atoms with Crippen LogP contribution >= 0.6 is 0 Å². The molecule has 0 radical (unpaired) electrons. The van der Waals surface area contributed by atoms with Gasteiger partial charge in [-0.25, -0.2) is 0 Å². The minimum atomic E-state index is 0.977.